The van der Waals surface area contributed by atoms with Crippen LogP contribution in [0.4, 0.5) is 5.82 Å². The van der Waals surface area contributed by atoms with Gasteiger partial charge in [0.15, 0.2) is 0 Å². The molecule has 1 aliphatic carbocycles. The first-order valence-corrected chi connectivity index (χ1v) is 5.41. The van der Waals surface area contributed by atoms with Crippen molar-refractivity contribution >= 4 is 27.7 Å². The largest absolute Gasteiger partial charge is 0.480 e. The second kappa shape index (κ2) is 4.14. The summed E-state index contributed by atoms with van der Waals surface area (Å²) in [5.41, 5.74) is 0. The predicted octanol–water partition coefficient (Wildman–Crippen LogP) is 1.29. The Bertz CT molecular complexity index is 381. The molecule has 0 amide bonds. The van der Waals surface area contributed by atoms with Gasteiger partial charge < -0.3 is 10.0 Å². The zero-order valence-corrected chi connectivity index (χ0v) is 9.51. The van der Waals surface area contributed by atoms with E-state index in [0.29, 0.717) is 11.9 Å². The van der Waals surface area contributed by atoms with E-state index in [1.165, 1.54) is 6.33 Å². The van der Waals surface area contributed by atoms with E-state index in [1.807, 2.05) is 0 Å². The van der Waals surface area contributed by atoms with Gasteiger partial charge in [0.1, 0.15) is 18.7 Å². The molecule has 0 radical (unpaired) electrons. The molecule has 6 heteroatoms. The maximum atomic E-state index is 10.7. The summed E-state index contributed by atoms with van der Waals surface area (Å²) in [7, 11) is 0. The minimum atomic E-state index is -0.840. The molecule has 0 bridgehead atoms. The molecule has 0 aromatic carbocycles. The summed E-state index contributed by atoms with van der Waals surface area (Å²) < 4.78 is 0.734. The van der Waals surface area contributed by atoms with Crippen LogP contribution in [0.5, 0.6) is 0 Å². The molecule has 1 aromatic heterocycles. The highest BCUT2D eigenvalue weighted by atomic mass is 79.9. The summed E-state index contributed by atoms with van der Waals surface area (Å²) in [6.45, 7) is -0.0136. The number of anilines is 1. The van der Waals surface area contributed by atoms with E-state index in [4.69, 9.17) is 5.11 Å². The maximum absolute atomic E-state index is 10.7. The normalized spacial score (nSPS) is 15.0. The van der Waals surface area contributed by atoms with Gasteiger partial charge in [0, 0.05) is 12.2 Å². The van der Waals surface area contributed by atoms with E-state index in [9.17, 15) is 4.79 Å². The number of carbonyl (C=O) groups is 1. The number of hydrogen-bond acceptors (Lipinski definition) is 4. The van der Waals surface area contributed by atoms with Crippen molar-refractivity contribution in [2.45, 2.75) is 18.9 Å². The second-order valence-electron chi connectivity index (χ2n) is 3.45. The molecule has 2 rings (SSSR count). The lowest BCUT2D eigenvalue weighted by atomic mass is 10.4. The van der Waals surface area contributed by atoms with E-state index in [-0.39, 0.29) is 6.54 Å². The van der Waals surface area contributed by atoms with Gasteiger partial charge in [-0.05, 0) is 28.8 Å². The smallest absolute Gasteiger partial charge is 0.323 e. The summed E-state index contributed by atoms with van der Waals surface area (Å²) in [6.07, 6.45) is 5.12. The first-order valence-electron chi connectivity index (χ1n) is 4.62. The number of rotatable bonds is 4. The summed E-state index contributed by atoms with van der Waals surface area (Å²) in [5.74, 6) is -0.178. The highest BCUT2D eigenvalue weighted by Gasteiger charge is 2.32. The fourth-order valence-electron chi connectivity index (χ4n) is 1.43. The summed E-state index contributed by atoms with van der Waals surface area (Å²) >= 11 is 3.32. The van der Waals surface area contributed by atoms with Crippen LogP contribution < -0.4 is 4.90 Å². The second-order valence-corrected chi connectivity index (χ2v) is 4.30. The Balaban J connectivity index is 2.24. The van der Waals surface area contributed by atoms with E-state index in [2.05, 4.69) is 25.9 Å². The minimum absolute atomic E-state index is 0.0136. The molecule has 1 aliphatic rings. The summed E-state index contributed by atoms with van der Waals surface area (Å²) in [4.78, 5) is 20.5. The van der Waals surface area contributed by atoms with Gasteiger partial charge in [-0.2, -0.15) is 0 Å². The lowest BCUT2D eigenvalue weighted by Crippen LogP contribution is -2.32. The van der Waals surface area contributed by atoms with Gasteiger partial charge in [-0.25, -0.2) is 9.97 Å². The first-order chi connectivity index (χ1) is 7.18. The molecule has 0 spiro atoms. The van der Waals surface area contributed by atoms with Crippen molar-refractivity contribution in [2.24, 2.45) is 0 Å². The van der Waals surface area contributed by atoms with Crippen LogP contribution in [0.2, 0.25) is 0 Å². The molecular weight excluding hydrogens is 262 g/mol. The topological polar surface area (TPSA) is 66.3 Å². The zero-order valence-electron chi connectivity index (χ0n) is 7.93. The summed E-state index contributed by atoms with van der Waals surface area (Å²) in [5, 5.41) is 8.81. The SMILES string of the molecule is O=C(O)CN(c1ncncc1Br)C1CC1. The Labute approximate surface area is 95.3 Å². The number of carboxylic acid groups (broad SMARTS) is 1. The Kier molecular flexibility index (Phi) is 2.86. The lowest BCUT2D eigenvalue weighted by molar-refractivity contribution is -0.135. The number of halogens is 1. The van der Waals surface area contributed by atoms with Gasteiger partial charge in [0.25, 0.3) is 0 Å². The number of hydrogen-bond donors (Lipinski definition) is 1. The molecule has 1 N–H and O–H groups in total. The van der Waals surface area contributed by atoms with Crippen molar-refractivity contribution in [3.63, 3.8) is 0 Å². The van der Waals surface area contributed by atoms with Crippen molar-refractivity contribution in [3.05, 3.63) is 17.0 Å². The first kappa shape index (κ1) is 10.4. The van der Waals surface area contributed by atoms with Gasteiger partial charge in [-0.3, -0.25) is 4.79 Å². The van der Waals surface area contributed by atoms with E-state index >= 15 is 0 Å². The number of aromatic nitrogens is 2. The van der Waals surface area contributed by atoms with Gasteiger partial charge in [-0.15, -0.1) is 0 Å². The summed E-state index contributed by atoms with van der Waals surface area (Å²) in [6, 6.07) is 0.312. The fraction of sp³-hybridized carbons (Fsp3) is 0.444. The van der Waals surface area contributed by atoms with Crippen LogP contribution in [0, 0.1) is 0 Å². The third-order valence-electron chi connectivity index (χ3n) is 2.21. The lowest BCUT2D eigenvalue weighted by Gasteiger charge is -2.21. The van der Waals surface area contributed by atoms with E-state index < -0.39 is 5.97 Å². The molecule has 1 fully saturated rings. The third-order valence-corrected chi connectivity index (χ3v) is 2.77. The standard InChI is InChI=1S/C9H10BrN3O2/c10-7-3-11-5-12-9(7)13(4-8(14)15)6-1-2-6/h3,5-6H,1-2,4H2,(H,14,15). The molecule has 1 heterocycles. The molecule has 0 atom stereocenters. The fourth-order valence-corrected chi connectivity index (χ4v) is 1.87. The van der Waals surface area contributed by atoms with E-state index in [1.54, 1.807) is 11.1 Å². The van der Waals surface area contributed by atoms with Crippen molar-refractivity contribution in [1.82, 2.24) is 9.97 Å². The highest BCUT2D eigenvalue weighted by molar-refractivity contribution is 9.10. The molecule has 5 nitrogen and oxygen atoms in total. The van der Waals surface area contributed by atoms with Crippen LogP contribution in [-0.4, -0.2) is 33.6 Å². The Morgan fingerprint density at radius 2 is 2.40 bits per heavy atom. The van der Waals surface area contributed by atoms with Crippen LogP contribution in [-0.2, 0) is 4.79 Å². The molecule has 15 heavy (non-hydrogen) atoms. The van der Waals surface area contributed by atoms with Gasteiger partial charge in [-0.1, -0.05) is 0 Å². The monoisotopic (exact) mass is 271 g/mol. The molecule has 1 saturated carbocycles. The minimum Gasteiger partial charge on any atom is -0.480 e. The Hall–Kier alpha value is -1.17. The van der Waals surface area contributed by atoms with Crippen LogP contribution in [0.1, 0.15) is 12.8 Å². The molecule has 0 aliphatic heterocycles. The Morgan fingerprint density at radius 1 is 1.67 bits per heavy atom. The predicted molar refractivity (Wildman–Crippen MR) is 57.7 cm³/mol. The molecular formula is C9H10BrN3O2. The Morgan fingerprint density at radius 3 is 2.93 bits per heavy atom. The van der Waals surface area contributed by atoms with Gasteiger partial charge in [0.2, 0.25) is 0 Å². The highest BCUT2D eigenvalue weighted by Crippen LogP contribution is 2.33. The average molecular weight is 272 g/mol. The van der Waals surface area contributed by atoms with Crippen LogP contribution in [0.3, 0.4) is 0 Å². The zero-order chi connectivity index (χ0) is 10.8. The van der Waals surface area contributed by atoms with Crippen molar-refractivity contribution in [1.29, 1.82) is 0 Å². The number of aliphatic carboxylic acids is 1. The van der Waals surface area contributed by atoms with Crippen molar-refractivity contribution in [3.8, 4) is 0 Å². The number of carboxylic acids is 1. The third kappa shape index (κ3) is 2.44. The van der Waals surface area contributed by atoms with Gasteiger partial charge >= 0.3 is 5.97 Å². The molecule has 0 saturated heterocycles. The van der Waals surface area contributed by atoms with Crippen LogP contribution >= 0.6 is 15.9 Å². The maximum Gasteiger partial charge on any atom is 0.323 e. The van der Waals surface area contributed by atoms with Crippen LogP contribution in [0.15, 0.2) is 17.0 Å². The molecule has 80 valence electrons. The van der Waals surface area contributed by atoms with Crippen molar-refractivity contribution in [2.75, 3.05) is 11.4 Å². The van der Waals surface area contributed by atoms with Crippen molar-refractivity contribution < 1.29 is 9.90 Å². The molecule has 1 aromatic rings. The quantitative estimate of drug-likeness (QED) is 0.894. The van der Waals surface area contributed by atoms with Gasteiger partial charge in [0.05, 0.1) is 4.47 Å². The average Bonchev–Trinajstić information content (AvgIpc) is 2.98. The van der Waals surface area contributed by atoms with E-state index in [0.717, 1.165) is 17.3 Å². The molecule has 0 unspecified atom stereocenters. The van der Waals surface area contributed by atoms with Crippen LogP contribution in [0.25, 0.3) is 0 Å². The number of nitrogens with zero attached hydrogens (tertiary/aromatic N) is 3.